The average Bonchev–Trinajstić information content (AvgIpc) is 2.24. The van der Waals surface area contributed by atoms with E-state index in [1.54, 1.807) is 0 Å². The molecule has 0 aromatic rings. The number of esters is 1. The second-order valence-electron chi connectivity index (χ2n) is 6.35. The molecule has 0 saturated heterocycles. The molecule has 4 heteroatoms. The third kappa shape index (κ3) is 9.00. The van der Waals surface area contributed by atoms with E-state index in [1.807, 2.05) is 0 Å². The van der Waals surface area contributed by atoms with Crippen LogP contribution in [0.5, 0.6) is 0 Å². The van der Waals surface area contributed by atoms with E-state index in [0.29, 0.717) is 6.61 Å². The highest BCUT2D eigenvalue weighted by Crippen LogP contribution is 2.36. The van der Waals surface area contributed by atoms with Gasteiger partial charge in [-0.2, -0.15) is 0 Å². The lowest BCUT2D eigenvalue weighted by Crippen LogP contribution is -2.40. The van der Waals surface area contributed by atoms with Crippen LogP contribution in [0.1, 0.15) is 47.0 Å². The SMILES string of the molecule is CC(=O)OCCC/C=C/CCO[Si](C)(C)C(C)(C)C. The highest BCUT2D eigenvalue weighted by molar-refractivity contribution is 6.74. The van der Waals surface area contributed by atoms with Crippen LogP contribution in [-0.2, 0) is 14.0 Å². The van der Waals surface area contributed by atoms with Crippen molar-refractivity contribution >= 4 is 14.3 Å². The molecule has 0 fully saturated rings. The molecular formula is C15H30O3Si. The molecule has 0 aromatic heterocycles. The molecule has 0 radical (unpaired) electrons. The zero-order chi connectivity index (χ0) is 14.9. The van der Waals surface area contributed by atoms with E-state index in [1.165, 1.54) is 6.92 Å². The molecular weight excluding hydrogens is 256 g/mol. The molecule has 0 aliphatic rings. The lowest BCUT2D eigenvalue weighted by atomic mass is 10.2. The molecule has 0 amide bonds. The fourth-order valence-electron chi connectivity index (χ4n) is 1.25. The molecule has 0 spiro atoms. The summed E-state index contributed by atoms with van der Waals surface area (Å²) in [7, 11) is -1.59. The van der Waals surface area contributed by atoms with Gasteiger partial charge < -0.3 is 9.16 Å². The Hall–Kier alpha value is -0.613. The Morgan fingerprint density at radius 1 is 1.11 bits per heavy atom. The van der Waals surface area contributed by atoms with Gasteiger partial charge in [-0.15, -0.1) is 0 Å². The third-order valence-corrected chi connectivity index (χ3v) is 8.08. The molecule has 3 nitrogen and oxygen atoms in total. The van der Waals surface area contributed by atoms with Crippen molar-refractivity contribution in [3.63, 3.8) is 0 Å². The van der Waals surface area contributed by atoms with Crippen LogP contribution in [0.4, 0.5) is 0 Å². The zero-order valence-corrected chi connectivity index (χ0v) is 14.4. The number of hydrogen-bond donors (Lipinski definition) is 0. The topological polar surface area (TPSA) is 35.5 Å². The van der Waals surface area contributed by atoms with Crippen LogP contribution < -0.4 is 0 Å². The highest BCUT2D eigenvalue weighted by atomic mass is 28.4. The largest absolute Gasteiger partial charge is 0.466 e. The van der Waals surface area contributed by atoms with Crippen molar-refractivity contribution in [3.05, 3.63) is 12.2 Å². The summed E-state index contributed by atoms with van der Waals surface area (Å²) in [5.74, 6) is -0.202. The van der Waals surface area contributed by atoms with Gasteiger partial charge in [0.1, 0.15) is 0 Å². The normalized spacial score (nSPS) is 12.9. The number of hydrogen-bond acceptors (Lipinski definition) is 3. The zero-order valence-electron chi connectivity index (χ0n) is 13.4. The van der Waals surface area contributed by atoms with Gasteiger partial charge in [-0.1, -0.05) is 32.9 Å². The predicted octanol–water partition coefficient (Wildman–Crippen LogP) is 4.30. The van der Waals surface area contributed by atoms with Gasteiger partial charge in [0.05, 0.1) is 6.61 Å². The van der Waals surface area contributed by atoms with Crippen LogP contribution in [0.25, 0.3) is 0 Å². The van der Waals surface area contributed by atoms with Crippen LogP contribution >= 0.6 is 0 Å². The first kappa shape index (κ1) is 18.4. The minimum absolute atomic E-state index is 0.202. The quantitative estimate of drug-likeness (QED) is 0.289. The summed E-state index contributed by atoms with van der Waals surface area (Å²) in [5.41, 5.74) is 0. The fraction of sp³-hybridized carbons (Fsp3) is 0.800. The van der Waals surface area contributed by atoms with E-state index in [4.69, 9.17) is 9.16 Å². The third-order valence-electron chi connectivity index (χ3n) is 3.54. The fourth-order valence-corrected chi connectivity index (χ4v) is 2.31. The van der Waals surface area contributed by atoms with Crippen molar-refractivity contribution in [2.45, 2.75) is 65.1 Å². The van der Waals surface area contributed by atoms with Crippen LogP contribution in [0.2, 0.25) is 18.1 Å². The smallest absolute Gasteiger partial charge is 0.302 e. The van der Waals surface area contributed by atoms with E-state index >= 15 is 0 Å². The maximum absolute atomic E-state index is 10.5. The standard InChI is InChI=1S/C15H30O3Si/c1-14(16)17-12-10-8-7-9-11-13-18-19(5,6)15(2,3)4/h7,9H,8,10-13H2,1-6H3/b9-7+. The first-order valence-corrected chi connectivity index (χ1v) is 10.00. The summed E-state index contributed by atoms with van der Waals surface area (Å²) in [6.07, 6.45) is 7.09. The summed E-state index contributed by atoms with van der Waals surface area (Å²) in [6.45, 7) is 14.1. The number of allylic oxidation sites excluding steroid dienone is 1. The second kappa shape index (κ2) is 8.54. The Bertz CT molecular complexity index is 290. The Morgan fingerprint density at radius 3 is 2.21 bits per heavy atom. The van der Waals surface area contributed by atoms with Gasteiger partial charge in [-0.25, -0.2) is 0 Å². The predicted molar refractivity (Wildman–Crippen MR) is 82.8 cm³/mol. The van der Waals surface area contributed by atoms with Crippen LogP contribution in [0.3, 0.4) is 0 Å². The molecule has 0 aromatic carbocycles. The lowest BCUT2D eigenvalue weighted by Gasteiger charge is -2.36. The van der Waals surface area contributed by atoms with Gasteiger partial charge in [0.2, 0.25) is 0 Å². The van der Waals surface area contributed by atoms with Crippen molar-refractivity contribution in [1.29, 1.82) is 0 Å². The molecule has 112 valence electrons. The average molecular weight is 286 g/mol. The molecule has 0 N–H and O–H groups in total. The highest BCUT2D eigenvalue weighted by Gasteiger charge is 2.36. The van der Waals surface area contributed by atoms with E-state index in [9.17, 15) is 4.79 Å². The molecule has 0 unspecified atom stereocenters. The van der Waals surface area contributed by atoms with E-state index < -0.39 is 8.32 Å². The summed E-state index contributed by atoms with van der Waals surface area (Å²) >= 11 is 0. The summed E-state index contributed by atoms with van der Waals surface area (Å²) < 4.78 is 10.9. The molecule has 0 aliphatic carbocycles. The summed E-state index contributed by atoms with van der Waals surface area (Å²) in [5, 5.41) is 0.279. The second-order valence-corrected chi connectivity index (χ2v) is 11.2. The monoisotopic (exact) mass is 286 g/mol. The van der Waals surface area contributed by atoms with E-state index in [0.717, 1.165) is 25.9 Å². The maximum Gasteiger partial charge on any atom is 0.302 e. The van der Waals surface area contributed by atoms with E-state index in [-0.39, 0.29) is 11.0 Å². The van der Waals surface area contributed by atoms with Crippen molar-refractivity contribution in [2.75, 3.05) is 13.2 Å². The maximum atomic E-state index is 10.5. The van der Waals surface area contributed by atoms with Gasteiger partial charge in [0.25, 0.3) is 0 Å². The lowest BCUT2D eigenvalue weighted by molar-refractivity contribution is -0.141. The van der Waals surface area contributed by atoms with Gasteiger partial charge in [-0.3, -0.25) is 4.79 Å². The molecule has 0 heterocycles. The van der Waals surface area contributed by atoms with Crippen molar-refractivity contribution in [1.82, 2.24) is 0 Å². The molecule has 19 heavy (non-hydrogen) atoms. The number of unbranched alkanes of at least 4 members (excludes halogenated alkanes) is 1. The number of rotatable bonds is 8. The number of carbonyl (C=O) groups is 1. The van der Waals surface area contributed by atoms with Crippen LogP contribution in [0.15, 0.2) is 12.2 Å². The number of carbonyl (C=O) groups excluding carboxylic acids is 1. The Balaban J connectivity index is 3.62. The van der Waals surface area contributed by atoms with Gasteiger partial charge in [0.15, 0.2) is 8.32 Å². The van der Waals surface area contributed by atoms with Crippen LogP contribution in [0, 0.1) is 0 Å². The van der Waals surface area contributed by atoms with Gasteiger partial charge in [0, 0.05) is 13.5 Å². The molecule has 0 atom stereocenters. The Morgan fingerprint density at radius 2 is 1.68 bits per heavy atom. The molecule has 0 aliphatic heterocycles. The Labute approximate surface area is 119 Å². The van der Waals surface area contributed by atoms with Gasteiger partial charge in [-0.05, 0) is 37.4 Å². The van der Waals surface area contributed by atoms with Crippen molar-refractivity contribution < 1.29 is 14.0 Å². The van der Waals surface area contributed by atoms with Crippen molar-refractivity contribution in [2.24, 2.45) is 0 Å². The minimum atomic E-state index is -1.59. The van der Waals surface area contributed by atoms with E-state index in [2.05, 4.69) is 46.0 Å². The van der Waals surface area contributed by atoms with Crippen LogP contribution in [-0.4, -0.2) is 27.5 Å². The van der Waals surface area contributed by atoms with Crippen molar-refractivity contribution in [3.8, 4) is 0 Å². The first-order valence-electron chi connectivity index (χ1n) is 7.09. The first-order chi connectivity index (χ1) is 8.67. The van der Waals surface area contributed by atoms with Gasteiger partial charge >= 0.3 is 5.97 Å². The Kier molecular flexibility index (Phi) is 8.26. The molecule has 0 rings (SSSR count). The molecule has 0 bridgehead atoms. The summed E-state index contributed by atoms with van der Waals surface area (Å²) in [6, 6.07) is 0. The molecule has 0 saturated carbocycles. The minimum Gasteiger partial charge on any atom is -0.466 e. The number of ether oxygens (including phenoxy) is 1. The summed E-state index contributed by atoms with van der Waals surface area (Å²) in [4.78, 5) is 10.5.